The summed E-state index contributed by atoms with van der Waals surface area (Å²) in [7, 11) is 0. The minimum Gasteiger partial charge on any atom is -0.369 e. The van der Waals surface area contributed by atoms with Crippen LogP contribution in [0.4, 0.5) is 11.8 Å². The Bertz CT molecular complexity index is 370. The largest absolute Gasteiger partial charge is 0.369 e. The molecule has 0 amide bonds. The molecule has 6 heteroatoms. The zero-order chi connectivity index (χ0) is 14.1. The molecule has 0 aliphatic heterocycles. The van der Waals surface area contributed by atoms with Crippen LogP contribution < -0.4 is 16.6 Å². The Hall–Kier alpha value is -0.880. The van der Waals surface area contributed by atoms with E-state index in [1.54, 1.807) is 6.20 Å². The standard InChI is InChI=1S/C13H24BrN5/c1-10(2)7-5-3-4-6-8-16-12-11(14)9-17-13(18-12)19-15/h9-10H,3-8,15H2,1-2H3,(H2,16,17,18,19). The van der Waals surface area contributed by atoms with Crippen LogP contribution in [0.3, 0.4) is 0 Å². The first-order valence-electron chi connectivity index (χ1n) is 6.86. The first kappa shape index (κ1) is 16.2. The molecular weight excluding hydrogens is 306 g/mol. The molecule has 0 aliphatic carbocycles. The summed E-state index contributed by atoms with van der Waals surface area (Å²) in [5.41, 5.74) is 2.44. The number of halogens is 1. The van der Waals surface area contributed by atoms with E-state index in [0.717, 1.165) is 29.2 Å². The molecule has 19 heavy (non-hydrogen) atoms. The molecule has 0 aromatic carbocycles. The highest BCUT2D eigenvalue weighted by Gasteiger charge is 2.03. The van der Waals surface area contributed by atoms with Crippen LogP contribution in [0.2, 0.25) is 0 Å². The van der Waals surface area contributed by atoms with Crippen LogP contribution in [0.1, 0.15) is 46.0 Å². The SMILES string of the molecule is CC(C)CCCCCCNc1nc(NN)ncc1Br. The number of nitrogens with two attached hydrogens (primary N) is 1. The highest BCUT2D eigenvalue weighted by Crippen LogP contribution is 2.19. The van der Waals surface area contributed by atoms with Gasteiger partial charge < -0.3 is 5.32 Å². The van der Waals surface area contributed by atoms with E-state index >= 15 is 0 Å². The molecule has 1 rings (SSSR count). The van der Waals surface area contributed by atoms with E-state index in [1.807, 2.05) is 0 Å². The van der Waals surface area contributed by atoms with Crippen molar-refractivity contribution in [2.75, 3.05) is 17.3 Å². The van der Waals surface area contributed by atoms with Gasteiger partial charge in [0.2, 0.25) is 5.95 Å². The van der Waals surface area contributed by atoms with Crippen molar-refractivity contribution >= 4 is 27.7 Å². The third-order valence-electron chi connectivity index (χ3n) is 2.87. The molecule has 0 bridgehead atoms. The monoisotopic (exact) mass is 329 g/mol. The van der Waals surface area contributed by atoms with Gasteiger partial charge in [-0.25, -0.2) is 10.8 Å². The van der Waals surface area contributed by atoms with Crippen LogP contribution in [0.25, 0.3) is 0 Å². The minimum absolute atomic E-state index is 0.419. The number of hydrogen-bond acceptors (Lipinski definition) is 5. The minimum atomic E-state index is 0.419. The molecule has 0 fully saturated rings. The molecule has 1 heterocycles. The molecule has 0 radical (unpaired) electrons. The molecule has 1 aromatic rings. The van der Waals surface area contributed by atoms with Gasteiger partial charge in [0.15, 0.2) is 0 Å². The van der Waals surface area contributed by atoms with Crippen LogP contribution in [0.5, 0.6) is 0 Å². The second-order valence-corrected chi connectivity index (χ2v) is 5.91. The lowest BCUT2D eigenvalue weighted by Crippen LogP contribution is -2.12. The van der Waals surface area contributed by atoms with Gasteiger partial charge in [0, 0.05) is 12.7 Å². The zero-order valence-electron chi connectivity index (χ0n) is 11.7. The maximum Gasteiger partial charge on any atom is 0.239 e. The highest BCUT2D eigenvalue weighted by atomic mass is 79.9. The van der Waals surface area contributed by atoms with Gasteiger partial charge in [-0.15, -0.1) is 0 Å². The van der Waals surface area contributed by atoms with E-state index in [-0.39, 0.29) is 0 Å². The average molecular weight is 330 g/mol. The van der Waals surface area contributed by atoms with Crippen LogP contribution in [-0.4, -0.2) is 16.5 Å². The number of anilines is 2. The fraction of sp³-hybridized carbons (Fsp3) is 0.692. The smallest absolute Gasteiger partial charge is 0.239 e. The van der Waals surface area contributed by atoms with Crippen molar-refractivity contribution in [1.29, 1.82) is 0 Å². The van der Waals surface area contributed by atoms with Gasteiger partial charge in [-0.1, -0.05) is 39.5 Å². The van der Waals surface area contributed by atoms with E-state index < -0.39 is 0 Å². The lowest BCUT2D eigenvalue weighted by Gasteiger charge is -2.09. The number of hydrogen-bond donors (Lipinski definition) is 3. The van der Waals surface area contributed by atoms with Crippen molar-refractivity contribution in [3.05, 3.63) is 10.7 Å². The summed E-state index contributed by atoms with van der Waals surface area (Å²) < 4.78 is 0.853. The van der Waals surface area contributed by atoms with Gasteiger partial charge >= 0.3 is 0 Å². The maximum absolute atomic E-state index is 5.28. The molecule has 0 saturated carbocycles. The zero-order valence-corrected chi connectivity index (χ0v) is 13.3. The summed E-state index contributed by atoms with van der Waals surface area (Å²) in [6.07, 6.45) is 8.06. The van der Waals surface area contributed by atoms with Gasteiger partial charge in [0.25, 0.3) is 0 Å². The Labute approximate surface area is 123 Å². The van der Waals surface area contributed by atoms with Crippen LogP contribution in [0.15, 0.2) is 10.7 Å². The topological polar surface area (TPSA) is 75.9 Å². The number of nitrogens with zero attached hydrogens (tertiary/aromatic N) is 2. The van der Waals surface area contributed by atoms with Gasteiger partial charge in [0.1, 0.15) is 5.82 Å². The van der Waals surface area contributed by atoms with Gasteiger partial charge in [0.05, 0.1) is 4.47 Å². The predicted molar refractivity (Wildman–Crippen MR) is 84.0 cm³/mol. The van der Waals surface area contributed by atoms with Gasteiger partial charge in [-0.2, -0.15) is 4.98 Å². The normalized spacial score (nSPS) is 10.8. The Kier molecular flexibility index (Phi) is 7.74. The van der Waals surface area contributed by atoms with Crippen molar-refractivity contribution in [1.82, 2.24) is 9.97 Å². The van der Waals surface area contributed by atoms with E-state index in [9.17, 15) is 0 Å². The molecule has 0 spiro atoms. The summed E-state index contributed by atoms with van der Waals surface area (Å²) in [5, 5.41) is 3.29. The van der Waals surface area contributed by atoms with Crippen LogP contribution in [0, 0.1) is 5.92 Å². The van der Waals surface area contributed by atoms with E-state index in [0.29, 0.717) is 5.95 Å². The predicted octanol–water partition coefficient (Wildman–Crippen LogP) is 3.54. The van der Waals surface area contributed by atoms with Crippen molar-refractivity contribution in [2.24, 2.45) is 11.8 Å². The maximum atomic E-state index is 5.28. The number of unbranched alkanes of at least 4 members (excludes halogenated alkanes) is 3. The molecular formula is C13H24BrN5. The second-order valence-electron chi connectivity index (χ2n) is 5.06. The molecule has 0 saturated heterocycles. The molecule has 0 atom stereocenters. The second kappa shape index (κ2) is 9.09. The molecule has 108 valence electrons. The molecule has 1 aromatic heterocycles. The van der Waals surface area contributed by atoms with Crippen molar-refractivity contribution in [3.8, 4) is 0 Å². The molecule has 4 N–H and O–H groups in total. The number of nitrogen functional groups attached to an aromatic ring is 1. The van der Waals surface area contributed by atoms with Gasteiger partial charge in [-0.05, 0) is 28.3 Å². The van der Waals surface area contributed by atoms with Crippen LogP contribution >= 0.6 is 15.9 Å². The van der Waals surface area contributed by atoms with Crippen LogP contribution in [-0.2, 0) is 0 Å². The molecule has 5 nitrogen and oxygen atoms in total. The highest BCUT2D eigenvalue weighted by molar-refractivity contribution is 9.10. The Morgan fingerprint density at radius 1 is 1.26 bits per heavy atom. The first-order chi connectivity index (χ1) is 9.13. The Balaban J connectivity index is 2.18. The summed E-state index contributed by atoms with van der Waals surface area (Å²) in [4.78, 5) is 8.25. The summed E-state index contributed by atoms with van der Waals surface area (Å²) >= 11 is 3.41. The average Bonchev–Trinajstić information content (AvgIpc) is 2.39. The summed E-state index contributed by atoms with van der Waals surface area (Å²) in [6.45, 7) is 5.47. The van der Waals surface area contributed by atoms with E-state index in [2.05, 4.69) is 50.5 Å². The van der Waals surface area contributed by atoms with Gasteiger partial charge in [-0.3, -0.25) is 5.43 Å². The van der Waals surface area contributed by atoms with E-state index in [1.165, 1.54) is 25.7 Å². The number of nitrogens with one attached hydrogen (secondary N) is 2. The lowest BCUT2D eigenvalue weighted by atomic mass is 10.0. The van der Waals surface area contributed by atoms with Crippen molar-refractivity contribution in [2.45, 2.75) is 46.0 Å². The lowest BCUT2D eigenvalue weighted by molar-refractivity contribution is 0.523. The Morgan fingerprint density at radius 2 is 2.00 bits per heavy atom. The third kappa shape index (κ3) is 6.73. The van der Waals surface area contributed by atoms with Crippen molar-refractivity contribution < 1.29 is 0 Å². The summed E-state index contributed by atoms with van der Waals surface area (Å²) in [5.74, 6) is 7.30. The first-order valence-corrected chi connectivity index (χ1v) is 7.65. The van der Waals surface area contributed by atoms with Crippen molar-refractivity contribution in [3.63, 3.8) is 0 Å². The quantitative estimate of drug-likeness (QED) is 0.367. The fourth-order valence-corrected chi connectivity index (χ4v) is 2.13. The molecule has 0 unspecified atom stereocenters. The molecule has 0 aliphatic rings. The summed E-state index contributed by atoms with van der Waals surface area (Å²) in [6, 6.07) is 0. The number of aromatic nitrogens is 2. The van der Waals surface area contributed by atoms with E-state index in [4.69, 9.17) is 5.84 Å². The third-order valence-corrected chi connectivity index (χ3v) is 3.45. The fourth-order valence-electron chi connectivity index (χ4n) is 1.80. The number of hydrazine groups is 1. The number of rotatable bonds is 9. The Morgan fingerprint density at radius 3 is 2.68 bits per heavy atom.